The van der Waals surface area contributed by atoms with Gasteiger partial charge in [-0.3, -0.25) is 4.79 Å². The van der Waals surface area contributed by atoms with Crippen LogP contribution in [0.4, 0.5) is 29.1 Å². The van der Waals surface area contributed by atoms with Gasteiger partial charge in [-0.25, -0.2) is 14.4 Å². The number of anilines is 2. The number of carbonyl (C=O) groups excluding carboxylic acids is 1. The van der Waals surface area contributed by atoms with Crippen LogP contribution in [-0.2, 0) is 6.18 Å². The molecule has 0 spiro atoms. The molecular formula is C12H8F4N4O. The zero-order chi connectivity index (χ0) is 15.8. The number of benzene rings is 1. The summed E-state index contributed by atoms with van der Waals surface area (Å²) in [7, 11) is 0. The van der Waals surface area contributed by atoms with Crippen molar-refractivity contribution >= 4 is 17.3 Å². The van der Waals surface area contributed by atoms with Crippen LogP contribution in [-0.4, -0.2) is 15.8 Å². The summed E-state index contributed by atoms with van der Waals surface area (Å²) in [6.07, 6.45) is -3.89. The van der Waals surface area contributed by atoms with E-state index in [-0.39, 0.29) is 17.6 Å². The number of alkyl halides is 3. The molecule has 0 saturated carbocycles. The van der Waals surface area contributed by atoms with Crippen molar-refractivity contribution in [2.75, 3.05) is 11.5 Å². The highest BCUT2D eigenvalue weighted by Crippen LogP contribution is 2.33. The van der Waals surface area contributed by atoms with Crippen molar-refractivity contribution in [2.24, 2.45) is 0 Å². The maximum Gasteiger partial charge on any atom is 0.417 e. The highest BCUT2D eigenvalue weighted by molar-refractivity contribution is 6.07. The first-order valence-electron chi connectivity index (χ1n) is 5.49. The van der Waals surface area contributed by atoms with E-state index < -0.39 is 34.7 Å². The smallest absolute Gasteiger partial charge is 0.394 e. The van der Waals surface area contributed by atoms with Crippen LogP contribution in [0, 0.1) is 5.82 Å². The number of nitrogens with two attached hydrogens (primary N) is 2. The zero-order valence-electron chi connectivity index (χ0n) is 10.3. The maximum absolute atomic E-state index is 13.0. The first-order chi connectivity index (χ1) is 9.70. The van der Waals surface area contributed by atoms with Gasteiger partial charge in [0.25, 0.3) is 0 Å². The average molecular weight is 300 g/mol. The summed E-state index contributed by atoms with van der Waals surface area (Å²) >= 11 is 0. The third-order valence-electron chi connectivity index (χ3n) is 2.58. The Hall–Kier alpha value is -2.71. The van der Waals surface area contributed by atoms with Gasteiger partial charge < -0.3 is 11.5 Å². The summed E-state index contributed by atoms with van der Waals surface area (Å²) in [5, 5.41) is 0. The van der Waals surface area contributed by atoms with Crippen LogP contribution in [0.25, 0.3) is 0 Å². The Morgan fingerprint density at radius 2 is 1.86 bits per heavy atom. The maximum atomic E-state index is 13.0. The summed E-state index contributed by atoms with van der Waals surface area (Å²) in [5.74, 6) is -3.03. The van der Waals surface area contributed by atoms with E-state index >= 15 is 0 Å². The van der Waals surface area contributed by atoms with Crippen LogP contribution in [0.5, 0.6) is 0 Å². The molecule has 4 N–H and O–H groups in total. The van der Waals surface area contributed by atoms with Crippen LogP contribution in [0.1, 0.15) is 21.7 Å². The highest BCUT2D eigenvalue weighted by Gasteiger charge is 2.36. The van der Waals surface area contributed by atoms with Crippen LogP contribution in [0.2, 0.25) is 0 Å². The molecule has 0 aliphatic carbocycles. The molecule has 9 heteroatoms. The highest BCUT2D eigenvalue weighted by atomic mass is 19.4. The molecule has 21 heavy (non-hydrogen) atoms. The van der Waals surface area contributed by atoms with E-state index in [4.69, 9.17) is 11.5 Å². The molecule has 0 unspecified atom stereocenters. The molecule has 0 radical (unpaired) electrons. The summed E-state index contributed by atoms with van der Waals surface area (Å²) in [6.45, 7) is 0. The minimum absolute atomic E-state index is 0.0123. The molecule has 0 bridgehead atoms. The number of hydrogen-bond donors (Lipinski definition) is 2. The molecule has 110 valence electrons. The number of nitrogen functional groups attached to an aromatic ring is 2. The number of ketones is 1. The van der Waals surface area contributed by atoms with Gasteiger partial charge in [-0.15, -0.1) is 0 Å². The van der Waals surface area contributed by atoms with Crippen molar-refractivity contribution in [1.29, 1.82) is 0 Å². The van der Waals surface area contributed by atoms with Crippen LogP contribution < -0.4 is 11.5 Å². The Balaban J connectivity index is 2.55. The Bertz CT molecular complexity index is 715. The fraction of sp³-hybridized carbons (Fsp3) is 0.0833. The predicted octanol–water partition coefficient (Wildman–Crippen LogP) is 2.03. The predicted molar refractivity (Wildman–Crippen MR) is 65.7 cm³/mol. The third kappa shape index (κ3) is 2.91. The monoisotopic (exact) mass is 300 g/mol. The van der Waals surface area contributed by atoms with Gasteiger partial charge in [0.2, 0.25) is 11.6 Å². The molecule has 1 heterocycles. The fourth-order valence-electron chi connectivity index (χ4n) is 1.58. The molecule has 0 aliphatic rings. The Labute approximate surface area is 115 Å². The van der Waals surface area contributed by atoms with Crippen molar-refractivity contribution in [3.63, 3.8) is 0 Å². The Kier molecular flexibility index (Phi) is 3.50. The van der Waals surface area contributed by atoms with Gasteiger partial charge in [0.1, 0.15) is 5.82 Å². The topological polar surface area (TPSA) is 94.9 Å². The minimum Gasteiger partial charge on any atom is -0.394 e. The Morgan fingerprint density at radius 1 is 1.19 bits per heavy atom. The molecule has 2 aromatic rings. The van der Waals surface area contributed by atoms with Crippen LogP contribution in [0.3, 0.4) is 0 Å². The van der Waals surface area contributed by atoms with E-state index in [1.54, 1.807) is 0 Å². The second kappa shape index (κ2) is 5.00. The fourth-order valence-corrected chi connectivity index (χ4v) is 1.58. The molecule has 0 amide bonds. The molecule has 1 aromatic carbocycles. The number of aromatic nitrogens is 2. The number of nitrogens with zero attached hydrogens (tertiary/aromatic N) is 2. The molecule has 5 nitrogen and oxygen atoms in total. The van der Waals surface area contributed by atoms with Gasteiger partial charge in [-0.05, 0) is 18.2 Å². The second-order valence-electron chi connectivity index (χ2n) is 4.05. The van der Waals surface area contributed by atoms with E-state index in [0.29, 0.717) is 0 Å². The van der Waals surface area contributed by atoms with Gasteiger partial charge >= 0.3 is 6.18 Å². The minimum atomic E-state index is -4.90. The lowest BCUT2D eigenvalue weighted by Crippen LogP contribution is -2.17. The largest absolute Gasteiger partial charge is 0.417 e. The zero-order valence-corrected chi connectivity index (χ0v) is 10.3. The number of halogens is 4. The summed E-state index contributed by atoms with van der Waals surface area (Å²) in [5.41, 5.74) is 8.54. The lowest BCUT2D eigenvalue weighted by molar-refractivity contribution is -0.138. The van der Waals surface area contributed by atoms with E-state index in [2.05, 4.69) is 9.97 Å². The molecule has 0 atom stereocenters. The van der Waals surface area contributed by atoms with Crippen LogP contribution in [0.15, 0.2) is 24.4 Å². The van der Waals surface area contributed by atoms with Crippen LogP contribution >= 0.6 is 0 Å². The standard InChI is InChI=1S/C12H8F4N4O/c13-5-1-2-6(7(3-5)12(14,15)16)9(21)11-19-4-8(17)10(18)20-11/h1-4H,17H2,(H2,18,19,20). The van der Waals surface area contributed by atoms with Crippen molar-refractivity contribution in [1.82, 2.24) is 9.97 Å². The molecule has 0 fully saturated rings. The number of hydrogen-bond acceptors (Lipinski definition) is 5. The van der Waals surface area contributed by atoms with Gasteiger partial charge in [0.15, 0.2) is 5.82 Å². The van der Waals surface area contributed by atoms with E-state index in [0.717, 1.165) is 18.3 Å². The lowest BCUT2D eigenvalue weighted by Gasteiger charge is -2.11. The van der Waals surface area contributed by atoms with E-state index in [1.807, 2.05) is 0 Å². The summed E-state index contributed by atoms with van der Waals surface area (Å²) < 4.78 is 51.5. The number of carbonyl (C=O) groups is 1. The molecule has 0 saturated heterocycles. The van der Waals surface area contributed by atoms with Crippen molar-refractivity contribution in [3.8, 4) is 0 Å². The van der Waals surface area contributed by atoms with Crippen molar-refractivity contribution in [3.05, 3.63) is 47.2 Å². The van der Waals surface area contributed by atoms with Gasteiger partial charge in [-0.2, -0.15) is 13.2 Å². The normalized spacial score (nSPS) is 11.4. The molecule has 2 rings (SSSR count). The second-order valence-corrected chi connectivity index (χ2v) is 4.05. The van der Waals surface area contributed by atoms with E-state index in [9.17, 15) is 22.4 Å². The first kappa shape index (κ1) is 14.7. The Morgan fingerprint density at radius 3 is 2.43 bits per heavy atom. The molecule has 1 aromatic heterocycles. The lowest BCUT2D eigenvalue weighted by atomic mass is 10.0. The van der Waals surface area contributed by atoms with Crippen molar-refractivity contribution in [2.45, 2.75) is 6.18 Å². The summed E-state index contributed by atoms with van der Waals surface area (Å²) in [4.78, 5) is 19.1. The van der Waals surface area contributed by atoms with Gasteiger partial charge in [-0.1, -0.05) is 0 Å². The SMILES string of the molecule is Nc1cnc(C(=O)c2ccc(F)cc2C(F)(F)F)nc1N. The number of rotatable bonds is 2. The van der Waals surface area contributed by atoms with E-state index in [1.165, 1.54) is 0 Å². The van der Waals surface area contributed by atoms with Gasteiger partial charge in [0.05, 0.1) is 17.4 Å². The quantitative estimate of drug-likeness (QED) is 0.653. The third-order valence-corrected chi connectivity index (χ3v) is 2.58. The van der Waals surface area contributed by atoms with Gasteiger partial charge in [0, 0.05) is 5.56 Å². The average Bonchev–Trinajstić information content (AvgIpc) is 2.40. The van der Waals surface area contributed by atoms with Crippen molar-refractivity contribution < 1.29 is 22.4 Å². The summed E-state index contributed by atoms with van der Waals surface area (Å²) in [6, 6.07) is 1.69. The first-order valence-corrected chi connectivity index (χ1v) is 5.49. The molecular weight excluding hydrogens is 292 g/mol. The molecule has 0 aliphatic heterocycles.